The number of halogens is 2. The molecule has 1 unspecified atom stereocenters. The molecule has 106 valence electrons. The van der Waals surface area contributed by atoms with Crippen LogP contribution in [0.15, 0.2) is 30.6 Å². The number of aromatic nitrogens is 2. The first-order valence-corrected chi connectivity index (χ1v) is 6.49. The van der Waals surface area contributed by atoms with E-state index in [0.29, 0.717) is 22.9 Å². The second-order valence-corrected chi connectivity index (χ2v) is 4.70. The molecule has 6 heteroatoms. The van der Waals surface area contributed by atoms with Gasteiger partial charge in [0.25, 0.3) is 0 Å². The molecule has 0 fully saturated rings. The number of benzene rings is 1. The molecule has 0 amide bonds. The maximum Gasteiger partial charge on any atom is 0.216 e. The Bertz CT molecular complexity index is 594. The minimum atomic E-state index is -0.321. The number of rotatable bonds is 5. The van der Waals surface area contributed by atoms with Crippen LogP contribution in [0.25, 0.3) is 0 Å². The van der Waals surface area contributed by atoms with Crippen molar-refractivity contribution in [3.63, 3.8) is 0 Å². The molecule has 0 bridgehead atoms. The fourth-order valence-electron chi connectivity index (χ4n) is 1.92. The SMILES string of the molecule is CNC(Cc1ccc(Cl)cc1F)c1cc(OC)ncn1. The van der Waals surface area contributed by atoms with Gasteiger partial charge in [-0.15, -0.1) is 0 Å². The summed E-state index contributed by atoms with van der Waals surface area (Å²) in [6.07, 6.45) is 1.89. The summed E-state index contributed by atoms with van der Waals surface area (Å²) in [6.45, 7) is 0. The van der Waals surface area contributed by atoms with Crippen LogP contribution in [0, 0.1) is 5.82 Å². The van der Waals surface area contributed by atoms with E-state index in [9.17, 15) is 4.39 Å². The van der Waals surface area contributed by atoms with Crippen LogP contribution in [-0.2, 0) is 6.42 Å². The largest absolute Gasteiger partial charge is 0.481 e. The first kappa shape index (κ1) is 14.7. The van der Waals surface area contributed by atoms with E-state index >= 15 is 0 Å². The molecule has 0 aliphatic carbocycles. The Morgan fingerprint density at radius 2 is 2.15 bits per heavy atom. The molecule has 20 heavy (non-hydrogen) atoms. The Balaban J connectivity index is 2.23. The van der Waals surface area contributed by atoms with E-state index in [1.54, 1.807) is 32.4 Å². The zero-order valence-electron chi connectivity index (χ0n) is 11.2. The van der Waals surface area contributed by atoms with Crippen LogP contribution in [0.4, 0.5) is 4.39 Å². The Kier molecular flexibility index (Phi) is 4.87. The van der Waals surface area contributed by atoms with E-state index in [2.05, 4.69) is 15.3 Å². The number of ether oxygens (including phenoxy) is 1. The van der Waals surface area contributed by atoms with Gasteiger partial charge in [-0.05, 0) is 31.2 Å². The van der Waals surface area contributed by atoms with Crippen molar-refractivity contribution in [3.8, 4) is 5.88 Å². The van der Waals surface area contributed by atoms with Gasteiger partial charge in [-0.25, -0.2) is 14.4 Å². The molecule has 0 saturated heterocycles. The third-order valence-electron chi connectivity index (χ3n) is 3.02. The van der Waals surface area contributed by atoms with Crippen molar-refractivity contribution in [1.82, 2.24) is 15.3 Å². The number of hydrogen-bond donors (Lipinski definition) is 1. The van der Waals surface area contributed by atoms with E-state index < -0.39 is 0 Å². The number of likely N-dealkylation sites (N-methyl/N-ethyl adjacent to an activating group) is 1. The molecule has 0 aliphatic heterocycles. The molecule has 0 aliphatic rings. The molecule has 0 radical (unpaired) electrons. The minimum Gasteiger partial charge on any atom is -0.481 e. The molecule has 0 spiro atoms. The summed E-state index contributed by atoms with van der Waals surface area (Å²) >= 11 is 5.75. The monoisotopic (exact) mass is 295 g/mol. The predicted octanol–water partition coefficient (Wildman–Crippen LogP) is 2.78. The standard InChI is InChI=1S/C14H15ClFN3O/c1-17-12(13-7-14(20-2)19-8-18-13)5-9-3-4-10(15)6-11(9)16/h3-4,6-8,12,17H,5H2,1-2H3. The van der Waals surface area contributed by atoms with Crippen LogP contribution in [0.5, 0.6) is 5.88 Å². The number of nitrogens with zero attached hydrogens (tertiary/aromatic N) is 2. The smallest absolute Gasteiger partial charge is 0.216 e. The highest BCUT2D eigenvalue weighted by atomic mass is 35.5. The van der Waals surface area contributed by atoms with E-state index in [-0.39, 0.29) is 11.9 Å². The van der Waals surface area contributed by atoms with E-state index in [1.165, 1.54) is 12.4 Å². The summed E-state index contributed by atoms with van der Waals surface area (Å²) < 4.78 is 18.9. The number of hydrogen-bond acceptors (Lipinski definition) is 4. The van der Waals surface area contributed by atoms with Crippen LogP contribution in [0.2, 0.25) is 5.02 Å². The van der Waals surface area contributed by atoms with Gasteiger partial charge in [0, 0.05) is 11.1 Å². The molecular formula is C14H15ClFN3O. The van der Waals surface area contributed by atoms with E-state index in [4.69, 9.17) is 16.3 Å². The molecule has 2 aromatic rings. The molecular weight excluding hydrogens is 281 g/mol. The summed E-state index contributed by atoms with van der Waals surface area (Å²) in [7, 11) is 3.34. The zero-order chi connectivity index (χ0) is 14.5. The molecule has 4 nitrogen and oxygen atoms in total. The zero-order valence-corrected chi connectivity index (χ0v) is 12.0. The maximum absolute atomic E-state index is 13.8. The quantitative estimate of drug-likeness (QED) is 0.921. The average Bonchev–Trinajstić information content (AvgIpc) is 2.46. The highest BCUT2D eigenvalue weighted by Crippen LogP contribution is 2.22. The molecule has 1 atom stereocenters. The van der Waals surface area contributed by atoms with Crippen molar-refractivity contribution < 1.29 is 9.13 Å². The molecule has 0 saturated carbocycles. The van der Waals surface area contributed by atoms with Gasteiger partial charge in [-0.3, -0.25) is 0 Å². The number of methoxy groups -OCH3 is 1. The predicted molar refractivity (Wildman–Crippen MR) is 75.5 cm³/mol. The summed E-state index contributed by atoms with van der Waals surface area (Å²) in [6, 6.07) is 6.26. The van der Waals surface area contributed by atoms with Crippen molar-refractivity contribution in [1.29, 1.82) is 0 Å². The first-order chi connectivity index (χ1) is 9.63. The van der Waals surface area contributed by atoms with Crippen LogP contribution in [-0.4, -0.2) is 24.1 Å². The van der Waals surface area contributed by atoms with Crippen molar-refractivity contribution >= 4 is 11.6 Å². The summed E-state index contributed by atoms with van der Waals surface area (Å²) in [4.78, 5) is 8.16. The minimum absolute atomic E-state index is 0.137. The van der Waals surface area contributed by atoms with Gasteiger partial charge in [-0.2, -0.15) is 0 Å². The fourth-order valence-corrected chi connectivity index (χ4v) is 2.08. The Morgan fingerprint density at radius 3 is 2.80 bits per heavy atom. The molecule has 1 aromatic heterocycles. The van der Waals surface area contributed by atoms with Gasteiger partial charge in [0.15, 0.2) is 0 Å². The second kappa shape index (κ2) is 6.63. The lowest BCUT2D eigenvalue weighted by molar-refractivity contribution is 0.394. The lowest BCUT2D eigenvalue weighted by Gasteiger charge is -2.16. The second-order valence-electron chi connectivity index (χ2n) is 4.27. The van der Waals surface area contributed by atoms with Crippen molar-refractivity contribution in [2.24, 2.45) is 0 Å². The summed E-state index contributed by atoms with van der Waals surface area (Å²) in [5.41, 5.74) is 1.32. The van der Waals surface area contributed by atoms with E-state index in [0.717, 1.165) is 5.69 Å². The van der Waals surface area contributed by atoms with Crippen LogP contribution < -0.4 is 10.1 Å². The number of nitrogens with one attached hydrogen (secondary N) is 1. The van der Waals surface area contributed by atoms with Crippen LogP contribution in [0.1, 0.15) is 17.3 Å². The van der Waals surface area contributed by atoms with Crippen molar-refractivity contribution in [2.45, 2.75) is 12.5 Å². The Labute approximate surface area is 122 Å². The Hall–Kier alpha value is -1.72. The lowest BCUT2D eigenvalue weighted by atomic mass is 10.0. The average molecular weight is 296 g/mol. The van der Waals surface area contributed by atoms with Crippen molar-refractivity contribution in [2.75, 3.05) is 14.2 Å². The normalized spacial score (nSPS) is 12.2. The molecule has 1 aromatic carbocycles. The molecule has 2 rings (SSSR count). The summed E-state index contributed by atoms with van der Waals surface area (Å²) in [5.74, 6) is 0.158. The fraction of sp³-hybridized carbons (Fsp3) is 0.286. The van der Waals surface area contributed by atoms with Gasteiger partial charge in [0.1, 0.15) is 12.1 Å². The highest BCUT2D eigenvalue weighted by Gasteiger charge is 2.15. The van der Waals surface area contributed by atoms with Crippen LogP contribution in [0.3, 0.4) is 0 Å². The van der Waals surface area contributed by atoms with Crippen LogP contribution >= 0.6 is 11.6 Å². The first-order valence-electron chi connectivity index (χ1n) is 6.11. The van der Waals surface area contributed by atoms with Gasteiger partial charge in [-0.1, -0.05) is 17.7 Å². The van der Waals surface area contributed by atoms with E-state index in [1.807, 2.05) is 0 Å². The molecule has 1 heterocycles. The lowest BCUT2D eigenvalue weighted by Crippen LogP contribution is -2.20. The van der Waals surface area contributed by atoms with Gasteiger partial charge in [0.2, 0.25) is 5.88 Å². The third-order valence-corrected chi connectivity index (χ3v) is 3.25. The highest BCUT2D eigenvalue weighted by molar-refractivity contribution is 6.30. The topological polar surface area (TPSA) is 47.0 Å². The third kappa shape index (κ3) is 3.43. The summed E-state index contributed by atoms with van der Waals surface area (Å²) in [5, 5.41) is 3.50. The molecule has 1 N–H and O–H groups in total. The Morgan fingerprint density at radius 1 is 1.35 bits per heavy atom. The van der Waals surface area contributed by atoms with Crippen molar-refractivity contribution in [3.05, 3.63) is 52.7 Å². The van der Waals surface area contributed by atoms with Gasteiger partial charge in [0.05, 0.1) is 18.8 Å². The van der Waals surface area contributed by atoms with Gasteiger partial charge >= 0.3 is 0 Å². The maximum atomic E-state index is 13.8. The van der Waals surface area contributed by atoms with Gasteiger partial charge < -0.3 is 10.1 Å².